The topological polar surface area (TPSA) is 24.5 Å². The van der Waals surface area contributed by atoms with E-state index in [9.17, 15) is 0 Å². The molecule has 0 aromatic heterocycles. The Hall–Kier alpha value is -0.120. The second-order valence-electron chi connectivity index (χ2n) is 3.98. The van der Waals surface area contributed by atoms with Crippen LogP contribution in [-0.2, 0) is 4.74 Å². The van der Waals surface area contributed by atoms with Crippen molar-refractivity contribution >= 4 is 0 Å². The summed E-state index contributed by atoms with van der Waals surface area (Å²) >= 11 is 0. The first-order valence-electron chi connectivity index (χ1n) is 5.20. The second-order valence-corrected chi connectivity index (χ2v) is 3.98. The van der Waals surface area contributed by atoms with Gasteiger partial charge in [-0.3, -0.25) is 4.90 Å². The molecule has 1 saturated heterocycles. The molecule has 3 nitrogen and oxygen atoms in total. The Kier molecular flexibility index (Phi) is 4.70. The van der Waals surface area contributed by atoms with Crippen molar-refractivity contribution in [2.24, 2.45) is 0 Å². The molecule has 1 unspecified atom stereocenters. The maximum absolute atomic E-state index is 5.09. The molecule has 0 bridgehead atoms. The lowest BCUT2D eigenvalue weighted by molar-refractivity contribution is 0.116. The Morgan fingerprint density at radius 1 is 1.62 bits per heavy atom. The SMILES string of the molecule is COCCC(C)N1CCN[C@H](C)C1. The molecule has 1 fully saturated rings. The van der Waals surface area contributed by atoms with Gasteiger partial charge < -0.3 is 10.1 Å². The Morgan fingerprint density at radius 3 is 3.00 bits per heavy atom. The number of hydrogen-bond acceptors (Lipinski definition) is 3. The van der Waals surface area contributed by atoms with Gasteiger partial charge in [0.1, 0.15) is 0 Å². The Balaban J connectivity index is 2.24. The first kappa shape index (κ1) is 11.0. The first-order valence-corrected chi connectivity index (χ1v) is 5.20. The van der Waals surface area contributed by atoms with E-state index in [1.54, 1.807) is 7.11 Å². The predicted molar refractivity (Wildman–Crippen MR) is 55.0 cm³/mol. The predicted octanol–water partition coefficient (Wildman–Crippen LogP) is 0.705. The third-order valence-electron chi connectivity index (χ3n) is 2.76. The summed E-state index contributed by atoms with van der Waals surface area (Å²) in [7, 11) is 1.77. The number of nitrogens with one attached hydrogen (secondary N) is 1. The highest BCUT2D eigenvalue weighted by atomic mass is 16.5. The number of ether oxygens (including phenoxy) is 1. The van der Waals surface area contributed by atoms with Crippen LogP contribution in [0.4, 0.5) is 0 Å². The summed E-state index contributed by atoms with van der Waals surface area (Å²) in [5, 5.41) is 3.45. The number of nitrogens with zero attached hydrogens (tertiary/aromatic N) is 1. The fourth-order valence-electron chi connectivity index (χ4n) is 1.83. The van der Waals surface area contributed by atoms with Gasteiger partial charge in [-0.2, -0.15) is 0 Å². The molecule has 0 aromatic carbocycles. The van der Waals surface area contributed by atoms with Crippen LogP contribution >= 0.6 is 0 Å². The van der Waals surface area contributed by atoms with Gasteiger partial charge in [-0.05, 0) is 20.3 Å². The van der Waals surface area contributed by atoms with Gasteiger partial charge in [-0.15, -0.1) is 0 Å². The van der Waals surface area contributed by atoms with Gasteiger partial charge >= 0.3 is 0 Å². The maximum atomic E-state index is 5.09. The molecule has 0 amide bonds. The number of hydrogen-bond donors (Lipinski definition) is 1. The summed E-state index contributed by atoms with van der Waals surface area (Å²) in [5.41, 5.74) is 0. The third-order valence-corrected chi connectivity index (χ3v) is 2.76. The summed E-state index contributed by atoms with van der Waals surface area (Å²) in [4.78, 5) is 2.54. The molecular weight excluding hydrogens is 164 g/mol. The smallest absolute Gasteiger partial charge is 0.0477 e. The van der Waals surface area contributed by atoms with Gasteiger partial charge in [0.15, 0.2) is 0 Å². The van der Waals surface area contributed by atoms with Crippen LogP contribution in [0.25, 0.3) is 0 Å². The van der Waals surface area contributed by atoms with Gasteiger partial charge in [0.05, 0.1) is 0 Å². The van der Waals surface area contributed by atoms with Crippen LogP contribution in [0.5, 0.6) is 0 Å². The molecule has 78 valence electrons. The van der Waals surface area contributed by atoms with Gasteiger partial charge in [-0.1, -0.05) is 0 Å². The standard InChI is InChI=1S/C10H22N2O/c1-9-8-12(6-5-11-9)10(2)4-7-13-3/h9-11H,4-8H2,1-3H3/t9-,10?/m1/s1. The Bertz CT molecular complexity index is 141. The lowest BCUT2D eigenvalue weighted by Crippen LogP contribution is -2.52. The summed E-state index contributed by atoms with van der Waals surface area (Å²) in [5.74, 6) is 0. The zero-order valence-corrected chi connectivity index (χ0v) is 9.05. The Morgan fingerprint density at radius 2 is 2.38 bits per heavy atom. The first-order chi connectivity index (χ1) is 6.24. The average molecular weight is 186 g/mol. The van der Waals surface area contributed by atoms with Crippen LogP contribution < -0.4 is 5.32 Å². The molecule has 1 rings (SSSR count). The molecular formula is C10H22N2O. The van der Waals surface area contributed by atoms with Crippen LogP contribution in [-0.4, -0.2) is 50.3 Å². The number of piperazine rings is 1. The monoisotopic (exact) mass is 186 g/mol. The van der Waals surface area contributed by atoms with E-state index < -0.39 is 0 Å². The van der Waals surface area contributed by atoms with Crippen LogP contribution in [0.15, 0.2) is 0 Å². The van der Waals surface area contributed by atoms with E-state index in [0.29, 0.717) is 12.1 Å². The summed E-state index contributed by atoms with van der Waals surface area (Å²) in [6.45, 7) is 8.88. The fraction of sp³-hybridized carbons (Fsp3) is 1.00. The molecule has 3 heteroatoms. The molecule has 0 aromatic rings. The van der Waals surface area contributed by atoms with Gasteiger partial charge in [0, 0.05) is 45.4 Å². The van der Waals surface area contributed by atoms with Gasteiger partial charge in [0.2, 0.25) is 0 Å². The van der Waals surface area contributed by atoms with Gasteiger partial charge in [0.25, 0.3) is 0 Å². The van der Waals surface area contributed by atoms with E-state index in [0.717, 1.165) is 19.6 Å². The van der Waals surface area contributed by atoms with Crippen molar-refractivity contribution in [1.29, 1.82) is 0 Å². The minimum atomic E-state index is 0.638. The third kappa shape index (κ3) is 3.63. The molecule has 0 saturated carbocycles. The maximum Gasteiger partial charge on any atom is 0.0477 e. The largest absolute Gasteiger partial charge is 0.385 e. The van der Waals surface area contributed by atoms with Crippen LogP contribution in [0, 0.1) is 0 Å². The van der Waals surface area contributed by atoms with E-state index in [4.69, 9.17) is 4.74 Å². The minimum absolute atomic E-state index is 0.638. The molecule has 2 atom stereocenters. The normalized spacial score (nSPS) is 27.5. The minimum Gasteiger partial charge on any atom is -0.385 e. The zero-order chi connectivity index (χ0) is 9.68. The van der Waals surface area contributed by atoms with E-state index in [1.807, 2.05) is 0 Å². The van der Waals surface area contributed by atoms with Crippen molar-refractivity contribution in [3.63, 3.8) is 0 Å². The number of methoxy groups -OCH3 is 1. The number of rotatable bonds is 4. The van der Waals surface area contributed by atoms with Crippen molar-refractivity contribution in [2.75, 3.05) is 33.4 Å². The van der Waals surface area contributed by atoms with E-state index in [1.165, 1.54) is 13.1 Å². The van der Waals surface area contributed by atoms with Crippen molar-refractivity contribution in [1.82, 2.24) is 10.2 Å². The highest BCUT2D eigenvalue weighted by Gasteiger charge is 2.19. The molecule has 0 radical (unpaired) electrons. The van der Waals surface area contributed by atoms with Crippen LogP contribution in [0.1, 0.15) is 20.3 Å². The summed E-state index contributed by atoms with van der Waals surface area (Å²) in [6.07, 6.45) is 1.14. The van der Waals surface area contributed by atoms with Crippen LogP contribution in [0.2, 0.25) is 0 Å². The average Bonchev–Trinajstić information content (AvgIpc) is 2.14. The van der Waals surface area contributed by atoms with Crippen molar-refractivity contribution in [3.8, 4) is 0 Å². The van der Waals surface area contributed by atoms with Crippen molar-refractivity contribution in [3.05, 3.63) is 0 Å². The quantitative estimate of drug-likeness (QED) is 0.699. The highest BCUT2D eigenvalue weighted by Crippen LogP contribution is 2.07. The summed E-state index contributed by atoms with van der Waals surface area (Å²) < 4.78 is 5.09. The molecule has 13 heavy (non-hydrogen) atoms. The highest BCUT2D eigenvalue weighted by molar-refractivity contribution is 4.78. The van der Waals surface area contributed by atoms with Gasteiger partial charge in [-0.25, -0.2) is 0 Å². The molecule has 1 N–H and O–H groups in total. The van der Waals surface area contributed by atoms with E-state index >= 15 is 0 Å². The van der Waals surface area contributed by atoms with Crippen molar-refractivity contribution in [2.45, 2.75) is 32.4 Å². The zero-order valence-electron chi connectivity index (χ0n) is 9.05. The van der Waals surface area contributed by atoms with E-state index in [-0.39, 0.29) is 0 Å². The lowest BCUT2D eigenvalue weighted by Gasteiger charge is -2.36. The molecule has 0 aliphatic carbocycles. The second kappa shape index (κ2) is 5.58. The van der Waals surface area contributed by atoms with Crippen molar-refractivity contribution < 1.29 is 4.74 Å². The van der Waals surface area contributed by atoms with E-state index in [2.05, 4.69) is 24.1 Å². The summed E-state index contributed by atoms with van der Waals surface area (Å²) in [6, 6.07) is 1.29. The molecule has 1 aliphatic heterocycles. The Labute approximate surface area is 81.4 Å². The molecule has 1 heterocycles. The fourth-order valence-corrected chi connectivity index (χ4v) is 1.83. The van der Waals surface area contributed by atoms with Crippen LogP contribution in [0.3, 0.4) is 0 Å². The lowest BCUT2D eigenvalue weighted by atomic mass is 10.1. The molecule has 1 aliphatic rings. The molecule has 0 spiro atoms.